The summed E-state index contributed by atoms with van der Waals surface area (Å²) in [6, 6.07) is 7.91. The van der Waals surface area contributed by atoms with Gasteiger partial charge in [0.05, 0.1) is 0 Å². The van der Waals surface area contributed by atoms with Crippen LogP contribution in [0.15, 0.2) is 29.4 Å². The van der Waals surface area contributed by atoms with Gasteiger partial charge < -0.3 is 5.73 Å². The van der Waals surface area contributed by atoms with Crippen molar-refractivity contribution in [3.8, 4) is 0 Å². The first-order chi connectivity index (χ1) is 8.56. The summed E-state index contributed by atoms with van der Waals surface area (Å²) in [6.45, 7) is 6.10. The topological polar surface area (TPSA) is 51.8 Å². The van der Waals surface area contributed by atoms with Crippen LogP contribution in [0.25, 0.3) is 0 Å². The first-order valence-corrected chi connectivity index (χ1v) is 6.84. The second-order valence-electron chi connectivity index (χ2n) is 4.33. The molecule has 0 atom stereocenters. The Hall–Kier alpha value is -1.55. The van der Waals surface area contributed by atoms with Crippen LogP contribution < -0.4 is 5.73 Å². The predicted molar refractivity (Wildman–Crippen MR) is 76.7 cm³/mol. The Kier molecular flexibility index (Phi) is 3.87. The molecular formula is C14H17N3S. The van der Waals surface area contributed by atoms with E-state index in [1.165, 1.54) is 11.1 Å². The van der Waals surface area contributed by atoms with E-state index in [0.29, 0.717) is 0 Å². The molecule has 1 heterocycles. The average molecular weight is 259 g/mol. The fraction of sp³-hybridized carbons (Fsp3) is 0.286. The second kappa shape index (κ2) is 5.40. The zero-order valence-corrected chi connectivity index (χ0v) is 11.7. The lowest BCUT2D eigenvalue weighted by molar-refractivity contribution is 0.880. The Labute approximate surface area is 112 Å². The molecule has 0 aliphatic rings. The van der Waals surface area contributed by atoms with Crippen LogP contribution in [0.5, 0.6) is 0 Å². The van der Waals surface area contributed by atoms with E-state index in [4.69, 9.17) is 5.73 Å². The third kappa shape index (κ3) is 3.01. The van der Waals surface area contributed by atoms with Crippen molar-refractivity contribution in [2.75, 3.05) is 5.73 Å². The van der Waals surface area contributed by atoms with Crippen LogP contribution in [0.3, 0.4) is 0 Å². The zero-order chi connectivity index (χ0) is 13.1. The van der Waals surface area contributed by atoms with Gasteiger partial charge in [0.25, 0.3) is 0 Å². The zero-order valence-electron chi connectivity index (χ0n) is 10.9. The van der Waals surface area contributed by atoms with Gasteiger partial charge in [-0.05, 0) is 44.0 Å². The minimum Gasteiger partial charge on any atom is -0.399 e. The monoisotopic (exact) mass is 259 g/mol. The lowest BCUT2D eigenvalue weighted by Gasteiger charge is -2.06. The number of rotatable bonds is 3. The molecule has 2 N–H and O–H groups in total. The van der Waals surface area contributed by atoms with E-state index in [2.05, 4.69) is 16.9 Å². The van der Waals surface area contributed by atoms with Gasteiger partial charge in [-0.1, -0.05) is 23.9 Å². The molecule has 2 rings (SSSR count). The van der Waals surface area contributed by atoms with Crippen molar-refractivity contribution in [1.82, 2.24) is 9.97 Å². The quantitative estimate of drug-likeness (QED) is 0.522. The molecule has 94 valence electrons. The molecule has 3 nitrogen and oxygen atoms in total. The number of nitrogens with zero attached hydrogens (tertiary/aromatic N) is 2. The molecule has 0 bridgehead atoms. The standard InChI is InChI=1S/C14H17N3S/c1-9-10(2)16-14(17-11(9)3)18-8-12-4-6-13(15)7-5-12/h4-7H,8,15H2,1-3H3. The third-order valence-corrected chi connectivity index (χ3v) is 3.88. The van der Waals surface area contributed by atoms with Crippen molar-refractivity contribution in [3.05, 3.63) is 46.8 Å². The fourth-order valence-corrected chi connectivity index (χ4v) is 2.46. The lowest BCUT2D eigenvalue weighted by atomic mass is 10.2. The van der Waals surface area contributed by atoms with Crippen molar-refractivity contribution in [2.45, 2.75) is 31.7 Å². The fourth-order valence-electron chi connectivity index (χ4n) is 1.57. The molecule has 1 aromatic carbocycles. The van der Waals surface area contributed by atoms with Crippen molar-refractivity contribution in [1.29, 1.82) is 0 Å². The van der Waals surface area contributed by atoms with E-state index in [1.54, 1.807) is 11.8 Å². The maximum absolute atomic E-state index is 5.66. The number of aromatic nitrogens is 2. The summed E-state index contributed by atoms with van der Waals surface area (Å²) >= 11 is 1.65. The molecule has 1 aromatic heterocycles. The molecule has 0 aliphatic carbocycles. The van der Waals surface area contributed by atoms with Crippen LogP contribution in [0.4, 0.5) is 5.69 Å². The summed E-state index contributed by atoms with van der Waals surface area (Å²) in [4.78, 5) is 8.99. The Balaban J connectivity index is 2.08. The first-order valence-electron chi connectivity index (χ1n) is 5.85. The molecule has 0 unspecified atom stereocenters. The van der Waals surface area contributed by atoms with Gasteiger partial charge in [0.15, 0.2) is 5.16 Å². The molecule has 0 radical (unpaired) electrons. The number of hydrogen-bond donors (Lipinski definition) is 1. The summed E-state index contributed by atoms with van der Waals surface area (Å²) in [5.74, 6) is 0.863. The Morgan fingerprint density at radius 3 is 2.11 bits per heavy atom. The van der Waals surface area contributed by atoms with Crippen molar-refractivity contribution in [3.63, 3.8) is 0 Å². The van der Waals surface area contributed by atoms with E-state index < -0.39 is 0 Å². The van der Waals surface area contributed by atoms with Gasteiger partial charge >= 0.3 is 0 Å². The van der Waals surface area contributed by atoms with Gasteiger partial charge in [0.2, 0.25) is 0 Å². The Morgan fingerprint density at radius 1 is 1.00 bits per heavy atom. The van der Waals surface area contributed by atoms with E-state index in [-0.39, 0.29) is 0 Å². The molecule has 0 saturated heterocycles. The van der Waals surface area contributed by atoms with E-state index in [0.717, 1.165) is 28.0 Å². The highest BCUT2D eigenvalue weighted by Crippen LogP contribution is 2.21. The molecule has 2 aromatic rings. The van der Waals surface area contributed by atoms with Crippen LogP contribution in [-0.4, -0.2) is 9.97 Å². The van der Waals surface area contributed by atoms with Crippen molar-refractivity contribution in [2.24, 2.45) is 0 Å². The van der Waals surface area contributed by atoms with Crippen LogP contribution >= 0.6 is 11.8 Å². The highest BCUT2D eigenvalue weighted by molar-refractivity contribution is 7.98. The molecule has 0 aliphatic heterocycles. The van der Waals surface area contributed by atoms with Gasteiger partial charge in [-0.25, -0.2) is 9.97 Å². The average Bonchev–Trinajstić information content (AvgIpc) is 2.35. The van der Waals surface area contributed by atoms with Gasteiger partial charge in [0.1, 0.15) is 0 Å². The molecule has 4 heteroatoms. The number of hydrogen-bond acceptors (Lipinski definition) is 4. The molecule has 0 saturated carbocycles. The van der Waals surface area contributed by atoms with Crippen molar-refractivity contribution >= 4 is 17.4 Å². The summed E-state index contributed by atoms with van der Waals surface area (Å²) in [6.07, 6.45) is 0. The minimum absolute atomic E-state index is 0.794. The number of aryl methyl sites for hydroxylation is 2. The number of anilines is 1. The maximum Gasteiger partial charge on any atom is 0.188 e. The summed E-state index contributed by atoms with van der Waals surface area (Å²) in [7, 11) is 0. The van der Waals surface area contributed by atoms with Gasteiger partial charge in [-0.2, -0.15) is 0 Å². The lowest BCUT2D eigenvalue weighted by Crippen LogP contribution is -1.98. The Morgan fingerprint density at radius 2 is 1.56 bits per heavy atom. The molecular weight excluding hydrogens is 242 g/mol. The van der Waals surface area contributed by atoms with Crippen molar-refractivity contribution < 1.29 is 0 Å². The first kappa shape index (κ1) is 12.9. The molecule has 0 amide bonds. The maximum atomic E-state index is 5.66. The molecule has 0 spiro atoms. The normalized spacial score (nSPS) is 10.6. The smallest absolute Gasteiger partial charge is 0.188 e. The third-order valence-electron chi connectivity index (χ3n) is 2.96. The Bertz CT molecular complexity index is 526. The van der Waals surface area contributed by atoms with Crippen LogP contribution in [-0.2, 0) is 5.75 Å². The minimum atomic E-state index is 0.794. The van der Waals surface area contributed by atoms with E-state index in [9.17, 15) is 0 Å². The van der Waals surface area contributed by atoms with Crippen LogP contribution in [0, 0.1) is 20.8 Å². The molecule has 18 heavy (non-hydrogen) atoms. The van der Waals surface area contributed by atoms with Gasteiger partial charge in [-0.15, -0.1) is 0 Å². The van der Waals surface area contributed by atoms with Gasteiger partial charge in [0, 0.05) is 22.8 Å². The molecule has 0 fully saturated rings. The SMILES string of the molecule is Cc1nc(SCc2ccc(N)cc2)nc(C)c1C. The van der Waals surface area contributed by atoms with E-state index >= 15 is 0 Å². The highest BCUT2D eigenvalue weighted by atomic mass is 32.2. The predicted octanol–water partition coefficient (Wildman–Crippen LogP) is 3.28. The van der Waals surface area contributed by atoms with Crippen LogP contribution in [0.1, 0.15) is 22.5 Å². The second-order valence-corrected chi connectivity index (χ2v) is 5.27. The summed E-state index contributed by atoms with van der Waals surface area (Å²) < 4.78 is 0. The van der Waals surface area contributed by atoms with Crippen LogP contribution in [0.2, 0.25) is 0 Å². The summed E-state index contributed by atoms with van der Waals surface area (Å²) in [5.41, 5.74) is 11.0. The number of nitrogen functional groups attached to an aromatic ring is 1. The van der Waals surface area contributed by atoms with E-state index in [1.807, 2.05) is 38.1 Å². The number of nitrogens with two attached hydrogens (primary N) is 1. The number of benzene rings is 1. The highest BCUT2D eigenvalue weighted by Gasteiger charge is 2.05. The van der Waals surface area contributed by atoms with Gasteiger partial charge in [-0.3, -0.25) is 0 Å². The summed E-state index contributed by atoms with van der Waals surface area (Å²) in [5, 5.41) is 0.840. The largest absolute Gasteiger partial charge is 0.399 e. The number of thioether (sulfide) groups is 1.